The van der Waals surface area contributed by atoms with Gasteiger partial charge in [-0.2, -0.15) is 0 Å². The number of amides is 2. The molecule has 3 rings (SSSR count). The number of benzene rings is 2. The molecule has 6 heteroatoms. The lowest BCUT2D eigenvalue weighted by Gasteiger charge is -2.19. The van der Waals surface area contributed by atoms with Crippen molar-refractivity contribution >= 4 is 28.6 Å². The maximum Gasteiger partial charge on any atom is 0.407 e. The average molecular weight is 393 g/mol. The minimum Gasteiger partial charge on any atom is -0.449 e. The van der Waals surface area contributed by atoms with Gasteiger partial charge in [0, 0.05) is 29.2 Å². The highest BCUT2D eigenvalue weighted by molar-refractivity contribution is 5.97. The monoisotopic (exact) mass is 393 g/mol. The molecule has 0 spiro atoms. The SMILES string of the molecule is Cc1ccccc1NC(=O)C(Cc1c[nH]c2ccccc12)NC(=O)OCC(C)C. The van der Waals surface area contributed by atoms with Crippen LogP contribution in [0.3, 0.4) is 0 Å². The predicted molar refractivity (Wildman–Crippen MR) is 115 cm³/mol. The molecule has 0 aliphatic carbocycles. The molecule has 0 bridgehead atoms. The van der Waals surface area contributed by atoms with Gasteiger partial charge in [0.25, 0.3) is 0 Å². The van der Waals surface area contributed by atoms with Crippen LogP contribution in [-0.2, 0) is 16.0 Å². The number of aryl methyl sites for hydroxylation is 1. The van der Waals surface area contributed by atoms with Crippen molar-refractivity contribution in [2.24, 2.45) is 5.92 Å². The summed E-state index contributed by atoms with van der Waals surface area (Å²) in [6, 6.07) is 14.6. The minimum absolute atomic E-state index is 0.216. The quantitative estimate of drug-likeness (QED) is 0.556. The fraction of sp³-hybridized carbons (Fsp3) is 0.304. The molecule has 0 fully saturated rings. The first-order valence-electron chi connectivity index (χ1n) is 9.79. The van der Waals surface area contributed by atoms with Gasteiger partial charge in [0.1, 0.15) is 6.04 Å². The second-order valence-corrected chi connectivity index (χ2v) is 7.56. The molecule has 1 unspecified atom stereocenters. The molecule has 2 amide bonds. The van der Waals surface area contributed by atoms with E-state index in [1.54, 1.807) is 0 Å². The zero-order valence-electron chi connectivity index (χ0n) is 17.0. The van der Waals surface area contributed by atoms with Crippen LogP contribution in [0.15, 0.2) is 54.7 Å². The van der Waals surface area contributed by atoms with Gasteiger partial charge in [-0.3, -0.25) is 4.79 Å². The van der Waals surface area contributed by atoms with Gasteiger partial charge in [0.15, 0.2) is 0 Å². The van der Waals surface area contributed by atoms with E-state index >= 15 is 0 Å². The third-order valence-electron chi connectivity index (χ3n) is 4.66. The van der Waals surface area contributed by atoms with Crippen LogP contribution in [0.5, 0.6) is 0 Å². The number of H-pyrrole nitrogens is 1. The number of nitrogens with one attached hydrogen (secondary N) is 3. The number of hydrogen-bond acceptors (Lipinski definition) is 3. The van der Waals surface area contributed by atoms with Crippen molar-refractivity contribution in [1.29, 1.82) is 0 Å². The standard InChI is InChI=1S/C23H27N3O3/c1-15(2)14-29-23(28)26-21(22(27)25-19-10-6-4-8-16(19)3)12-17-13-24-20-11-7-5-9-18(17)20/h4-11,13,15,21,24H,12,14H2,1-3H3,(H,25,27)(H,26,28). The van der Waals surface area contributed by atoms with Crippen LogP contribution in [0, 0.1) is 12.8 Å². The predicted octanol–water partition coefficient (Wildman–Crippen LogP) is 4.41. The van der Waals surface area contributed by atoms with Crippen LogP contribution in [0.25, 0.3) is 10.9 Å². The van der Waals surface area contributed by atoms with Crippen LogP contribution in [0.2, 0.25) is 0 Å². The van der Waals surface area contributed by atoms with Gasteiger partial charge in [-0.15, -0.1) is 0 Å². The van der Waals surface area contributed by atoms with Gasteiger partial charge in [-0.05, 0) is 36.1 Å². The molecule has 29 heavy (non-hydrogen) atoms. The van der Waals surface area contributed by atoms with Crippen LogP contribution in [-0.4, -0.2) is 29.6 Å². The highest BCUT2D eigenvalue weighted by Gasteiger charge is 2.24. The molecule has 152 valence electrons. The van der Waals surface area contributed by atoms with Crippen molar-refractivity contribution in [3.8, 4) is 0 Å². The Bertz CT molecular complexity index is 994. The fourth-order valence-electron chi connectivity index (χ4n) is 3.09. The number of anilines is 1. The summed E-state index contributed by atoms with van der Waals surface area (Å²) < 4.78 is 5.23. The third kappa shape index (κ3) is 5.38. The number of ether oxygens (including phenoxy) is 1. The zero-order chi connectivity index (χ0) is 20.8. The number of aromatic amines is 1. The molecule has 3 aromatic rings. The number of aromatic nitrogens is 1. The summed E-state index contributed by atoms with van der Waals surface area (Å²) in [7, 11) is 0. The average Bonchev–Trinajstić information content (AvgIpc) is 3.10. The number of hydrogen-bond donors (Lipinski definition) is 3. The third-order valence-corrected chi connectivity index (χ3v) is 4.66. The molecule has 6 nitrogen and oxygen atoms in total. The number of carbonyl (C=O) groups excluding carboxylic acids is 2. The van der Waals surface area contributed by atoms with E-state index in [2.05, 4.69) is 15.6 Å². The van der Waals surface area contributed by atoms with Gasteiger partial charge in [0.2, 0.25) is 5.91 Å². The van der Waals surface area contributed by atoms with E-state index in [4.69, 9.17) is 4.74 Å². The number of alkyl carbamates (subject to hydrolysis) is 1. The first-order valence-corrected chi connectivity index (χ1v) is 9.79. The maximum atomic E-state index is 13.0. The van der Waals surface area contributed by atoms with E-state index in [0.717, 1.165) is 27.7 Å². The lowest BCUT2D eigenvalue weighted by Crippen LogP contribution is -2.45. The molecule has 0 saturated carbocycles. The summed E-state index contributed by atoms with van der Waals surface area (Å²) in [6.45, 7) is 6.14. The first kappa shape index (κ1) is 20.5. The molecule has 0 saturated heterocycles. The smallest absolute Gasteiger partial charge is 0.407 e. The first-order chi connectivity index (χ1) is 13.9. The summed E-state index contributed by atoms with van der Waals surface area (Å²) in [5.74, 6) is -0.0697. The van der Waals surface area contributed by atoms with Crippen LogP contribution >= 0.6 is 0 Å². The largest absolute Gasteiger partial charge is 0.449 e. The van der Waals surface area contributed by atoms with Gasteiger partial charge in [-0.25, -0.2) is 4.79 Å². The Morgan fingerprint density at radius 3 is 2.55 bits per heavy atom. The van der Waals surface area contributed by atoms with Crippen molar-refractivity contribution in [3.05, 3.63) is 65.9 Å². The lowest BCUT2D eigenvalue weighted by molar-refractivity contribution is -0.118. The second kappa shape index (κ2) is 9.28. The van der Waals surface area contributed by atoms with Crippen LogP contribution in [0.1, 0.15) is 25.0 Å². The minimum atomic E-state index is -0.770. The Hall–Kier alpha value is -3.28. The fourth-order valence-corrected chi connectivity index (χ4v) is 3.09. The number of fused-ring (bicyclic) bond motifs is 1. The van der Waals surface area contributed by atoms with Gasteiger partial charge >= 0.3 is 6.09 Å². The Morgan fingerprint density at radius 2 is 1.79 bits per heavy atom. The summed E-state index contributed by atoms with van der Waals surface area (Å²) in [5.41, 5.74) is 3.62. The summed E-state index contributed by atoms with van der Waals surface area (Å²) in [4.78, 5) is 28.5. The Morgan fingerprint density at radius 1 is 1.07 bits per heavy atom. The topological polar surface area (TPSA) is 83.2 Å². The number of carbonyl (C=O) groups is 2. The molecule has 1 atom stereocenters. The number of rotatable bonds is 7. The second-order valence-electron chi connectivity index (χ2n) is 7.56. The van der Waals surface area contributed by atoms with E-state index in [-0.39, 0.29) is 11.8 Å². The Kier molecular flexibility index (Phi) is 6.54. The summed E-state index contributed by atoms with van der Waals surface area (Å²) >= 11 is 0. The van der Waals surface area contributed by atoms with E-state index in [0.29, 0.717) is 13.0 Å². The molecule has 0 aliphatic rings. The van der Waals surface area contributed by atoms with Gasteiger partial charge < -0.3 is 20.4 Å². The van der Waals surface area contributed by atoms with Crippen molar-refractivity contribution in [3.63, 3.8) is 0 Å². The summed E-state index contributed by atoms with van der Waals surface area (Å²) in [5, 5.41) is 6.68. The molecule has 1 heterocycles. The van der Waals surface area contributed by atoms with E-state index in [1.165, 1.54) is 0 Å². The lowest BCUT2D eigenvalue weighted by atomic mass is 10.0. The van der Waals surface area contributed by atoms with Crippen molar-refractivity contribution < 1.29 is 14.3 Å². The molecule has 0 radical (unpaired) electrons. The van der Waals surface area contributed by atoms with Crippen molar-refractivity contribution in [1.82, 2.24) is 10.3 Å². The maximum absolute atomic E-state index is 13.0. The molecular weight excluding hydrogens is 366 g/mol. The molecular formula is C23H27N3O3. The molecule has 2 aromatic carbocycles. The van der Waals surface area contributed by atoms with Gasteiger partial charge in [0.05, 0.1) is 6.61 Å². The molecule has 3 N–H and O–H groups in total. The Balaban J connectivity index is 1.79. The Labute approximate surface area is 170 Å². The van der Waals surface area contributed by atoms with Crippen molar-refractivity contribution in [2.45, 2.75) is 33.2 Å². The van der Waals surface area contributed by atoms with Crippen LogP contribution < -0.4 is 10.6 Å². The highest BCUT2D eigenvalue weighted by Crippen LogP contribution is 2.20. The van der Waals surface area contributed by atoms with E-state index in [1.807, 2.05) is 75.5 Å². The number of para-hydroxylation sites is 2. The zero-order valence-corrected chi connectivity index (χ0v) is 17.0. The van der Waals surface area contributed by atoms with Crippen LogP contribution in [0.4, 0.5) is 10.5 Å². The van der Waals surface area contributed by atoms with E-state index < -0.39 is 12.1 Å². The molecule has 0 aliphatic heterocycles. The highest BCUT2D eigenvalue weighted by atomic mass is 16.5. The molecule has 1 aromatic heterocycles. The summed E-state index contributed by atoms with van der Waals surface area (Å²) in [6.07, 6.45) is 1.63. The van der Waals surface area contributed by atoms with Gasteiger partial charge in [-0.1, -0.05) is 50.2 Å². The van der Waals surface area contributed by atoms with E-state index in [9.17, 15) is 9.59 Å². The van der Waals surface area contributed by atoms with Crippen molar-refractivity contribution in [2.75, 3.05) is 11.9 Å². The normalized spacial score (nSPS) is 12.0.